The number of para-hydroxylation sites is 1. The van der Waals surface area contributed by atoms with Crippen molar-refractivity contribution in [3.05, 3.63) is 95.7 Å². The molecule has 35 heavy (non-hydrogen) atoms. The lowest BCUT2D eigenvalue weighted by Gasteiger charge is -2.17. The Morgan fingerprint density at radius 1 is 1.06 bits per heavy atom. The molecule has 0 saturated heterocycles. The largest absolute Gasteiger partial charge is 0.445 e. The fourth-order valence-electron chi connectivity index (χ4n) is 3.91. The van der Waals surface area contributed by atoms with Crippen molar-refractivity contribution in [1.29, 1.82) is 0 Å². The highest BCUT2D eigenvalue weighted by molar-refractivity contribution is 7.22. The highest BCUT2D eigenvalue weighted by Crippen LogP contribution is 2.27. The smallest absolute Gasteiger partial charge is 0.408 e. The van der Waals surface area contributed by atoms with Gasteiger partial charge >= 0.3 is 6.09 Å². The molecule has 0 spiro atoms. The van der Waals surface area contributed by atoms with Crippen LogP contribution in [0.1, 0.15) is 16.7 Å². The Balaban J connectivity index is 1.34. The van der Waals surface area contributed by atoms with E-state index in [1.807, 2.05) is 85.9 Å². The number of H-pyrrole nitrogens is 1. The number of hydrogen-bond acceptors (Lipinski definition) is 5. The summed E-state index contributed by atoms with van der Waals surface area (Å²) in [6.07, 6.45) is 1.50. The first kappa shape index (κ1) is 22.6. The average molecular weight is 485 g/mol. The van der Waals surface area contributed by atoms with Crippen molar-refractivity contribution < 1.29 is 14.3 Å². The SMILES string of the molecule is Cc1ccc2nc(NC(=O)[C@@H](Cc3c[nH]c4ccccc34)NC(=O)OCc3ccccc3)sc2c1. The predicted molar refractivity (Wildman–Crippen MR) is 139 cm³/mol. The normalized spacial score (nSPS) is 11.9. The van der Waals surface area contributed by atoms with Gasteiger partial charge in [-0.1, -0.05) is 65.9 Å². The van der Waals surface area contributed by atoms with Crippen LogP contribution in [0.5, 0.6) is 0 Å². The van der Waals surface area contributed by atoms with Crippen molar-refractivity contribution in [2.24, 2.45) is 0 Å². The van der Waals surface area contributed by atoms with Crippen molar-refractivity contribution in [2.75, 3.05) is 5.32 Å². The van der Waals surface area contributed by atoms with Gasteiger partial charge in [-0.3, -0.25) is 4.79 Å². The second kappa shape index (κ2) is 9.99. The average Bonchev–Trinajstić information content (AvgIpc) is 3.46. The number of thiazole rings is 1. The van der Waals surface area contributed by atoms with E-state index in [0.717, 1.165) is 37.8 Å². The summed E-state index contributed by atoms with van der Waals surface area (Å²) < 4.78 is 6.37. The predicted octanol–water partition coefficient (Wildman–Crippen LogP) is 5.56. The van der Waals surface area contributed by atoms with E-state index < -0.39 is 12.1 Å². The number of nitrogens with one attached hydrogen (secondary N) is 3. The number of alkyl carbamates (subject to hydrolysis) is 1. The number of rotatable bonds is 7. The van der Waals surface area contributed by atoms with Crippen LogP contribution in [-0.2, 0) is 22.6 Å². The molecule has 2 heterocycles. The number of hydrogen-bond donors (Lipinski definition) is 3. The molecule has 0 aliphatic heterocycles. The topological polar surface area (TPSA) is 96.1 Å². The molecule has 5 aromatic rings. The number of aryl methyl sites for hydroxylation is 1. The second-order valence-electron chi connectivity index (χ2n) is 8.30. The van der Waals surface area contributed by atoms with Gasteiger partial charge in [-0.05, 0) is 41.8 Å². The number of carbonyl (C=O) groups is 2. The number of anilines is 1. The van der Waals surface area contributed by atoms with E-state index in [1.165, 1.54) is 11.3 Å². The maximum Gasteiger partial charge on any atom is 0.408 e. The maximum absolute atomic E-state index is 13.3. The molecule has 8 heteroatoms. The third kappa shape index (κ3) is 5.33. The molecule has 0 aliphatic carbocycles. The van der Waals surface area contributed by atoms with E-state index in [2.05, 4.69) is 20.6 Å². The van der Waals surface area contributed by atoms with Crippen LogP contribution in [0, 0.1) is 6.92 Å². The molecule has 3 N–H and O–H groups in total. The molecule has 1 atom stereocenters. The monoisotopic (exact) mass is 484 g/mol. The summed E-state index contributed by atoms with van der Waals surface area (Å²) in [5.74, 6) is -0.359. The van der Waals surface area contributed by atoms with Crippen molar-refractivity contribution in [3.8, 4) is 0 Å². The maximum atomic E-state index is 13.3. The van der Waals surface area contributed by atoms with Crippen LogP contribution >= 0.6 is 11.3 Å². The van der Waals surface area contributed by atoms with Crippen LogP contribution in [0.4, 0.5) is 9.93 Å². The van der Waals surface area contributed by atoms with Gasteiger partial charge in [0, 0.05) is 23.5 Å². The van der Waals surface area contributed by atoms with E-state index in [-0.39, 0.29) is 12.5 Å². The highest BCUT2D eigenvalue weighted by Gasteiger charge is 2.24. The Morgan fingerprint density at radius 3 is 2.71 bits per heavy atom. The van der Waals surface area contributed by atoms with Gasteiger partial charge in [0.25, 0.3) is 0 Å². The van der Waals surface area contributed by atoms with E-state index in [4.69, 9.17) is 4.74 Å². The summed E-state index contributed by atoms with van der Waals surface area (Å²) in [5, 5.41) is 7.11. The van der Waals surface area contributed by atoms with Gasteiger partial charge in [-0.2, -0.15) is 0 Å². The number of amides is 2. The fourth-order valence-corrected chi connectivity index (χ4v) is 4.88. The minimum absolute atomic E-state index is 0.116. The zero-order valence-electron chi connectivity index (χ0n) is 19.1. The van der Waals surface area contributed by atoms with Crippen LogP contribution in [0.25, 0.3) is 21.1 Å². The lowest BCUT2D eigenvalue weighted by Crippen LogP contribution is -2.45. The zero-order valence-corrected chi connectivity index (χ0v) is 19.9. The molecule has 0 bridgehead atoms. The van der Waals surface area contributed by atoms with E-state index in [9.17, 15) is 9.59 Å². The molecular formula is C27H24N4O3S. The van der Waals surface area contributed by atoms with Crippen LogP contribution in [0.3, 0.4) is 0 Å². The number of fused-ring (bicyclic) bond motifs is 2. The second-order valence-corrected chi connectivity index (χ2v) is 9.33. The fraction of sp³-hybridized carbons (Fsp3) is 0.148. The summed E-state index contributed by atoms with van der Waals surface area (Å²) in [6, 6.07) is 22.3. The molecule has 0 saturated carbocycles. The first-order valence-electron chi connectivity index (χ1n) is 11.3. The van der Waals surface area contributed by atoms with Crippen molar-refractivity contribution in [3.63, 3.8) is 0 Å². The number of carbonyl (C=O) groups excluding carboxylic acids is 2. The van der Waals surface area contributed by atoms with Gasteiger partial charge in [0.2, 0.25) is 5.91 Å². The number of ether oxygens (including phenoxy) is 1. The van der Waals surface area contributed by atoms with Gasteiger partial charge < -0.3 is 20.4 Å². The molecule has 0 fully saturated rings. The van der Waals surface area contributed by atoms with E-state index >= 15 is 0 Å². The third-order valence-corrected chi connectivity index (χ3v) is 6.63. The summed E-state index contributed by atoms with van der Waals surface area (Å²) in [5.41, 5.74) is 4.70. The minimum Gasteiger partial charge on any atom is -0.445 e. The Morgan fingerprint density at radius 2 is 1.86 bits per heavy atom. The molecule has 5 rings (SSSR count). The van der Waals surface area contributed by atoms with E-state index in [1.54, 1.807) is 0 Å². The van der Waals surface area contributed by atoms with E-state index in [0.29, 0.717) is 11.6 Å². The minimum atomic E-state index is -0.855. The van der Waals surface area contributed by atoms with Crippen LogP contribution < -0.4 is 10.6 Å². The van der Waals surface area contributed by atoms with Gasteiger partial charge in [0.1, 0.15) is 12.6 Å². The van der Waals surface area contributed by atoms with Crippen LogP contribution in [0.15, 0.2) is 79.0 Å². The molecule has 2 aromatic heterocycles. The summed E-state index contributed by atoms with van der Waals surface area (Å²) in [6.45, 7) is 2.13. The van der Waals surface area contributed by atoms with Crippen LogP contribution in [-0.4, -0.2) is 28.0 Å². The van der Waals surface area contributed by atoms with Gasteiger partial charge in [0.05, 0.1) is 10.2 Å². The highest BCUT2D eigenvalue weighted by atomic mass is 32.1. The summed E-state index contributed by atoms with van der Waals surface area (Å²) in [7, 11) is 0. The van der Waals surface area contributed by atoms with Crippen molar-refractivity contribution in [2.45, 2.75) is 26.0 Å². The standard InChI is InChI=1S/C27H24N4O3S/c1-17-11-12-22-24(13-17)35-26(29-22)31-25(32)23(14-19-15-28-21-10-6-5-9-20(19)21)30-27(33)34-16-18-7-3-2-4-8-18/h2-13,15,23,28H,14,16H2,1H3,(H,30,33)(H,29,31,32)/t23-/m1/s1. The van der Waals surface area contributed by atoms with Gasteiger partial charge in [0.15, 0.2) is 5.13 Å². The Hall–Kier alpha value is -4.17. The molecular weight excluding hydrogens is 460 g/mol. The van der Waals surface area contributed by atoms with Crippen molar-refractivity contribution >= 4 is 49.6 Å². The quantitative estimate of drug-likeness (QED) is 0.282. The molecule has 176 valence electrons. The molecule has 3 aromatic carbocycles. The zero-order chi connectivity index (χ0) is 24.2. The molecule has 0 radical (unpaired) electrons. The Labute approximate surface area is 206 Å². The molecule has 7 nitrogen and oxygen atoms in total. The number of benzene rings is 3. The summed E-state index contributed by atoms with van der Waals surface area (Å²) in [4.78, 5) is 33.7. The first-order chi connectivity index (χ1) is 17.0. The molecule has 0 aliphatic rings. The molecule has 2 amide bonds. The Bertz CT molecular complexity index is 1490. The van der Waals surface area contributed by atoms with Gasteiger partial charge in [-0.25, -0.2) is 9.78 Å². The summed E-state index contributed by atoms with van der Waals surface area (Å²) >= 11 is 1.40. The number of nitrogens with zero attached hydrogens (tertiary/aromatic N) is 1. The third-order valence-electron chi connectivity index (χ3n) is 5.69. The van der Waals surface area contributed by atoms with Crippen LogP contribution in [0.2, 0.25) is 0 Å². The first-order valence-corrected chi connectivity index (χ1v) is 12.1. The molecule has 0 unspecified atom stereocenters. The lowest BCUT2D eigenvalue weighted by atomic mass is 10.0. The van der Waals surface area contributed by atoms with Gasteiger partial charge in [-0.15, -0.1) is 0 Å². The Kier molecular flexibility index (Phi) is 6.45. The number of aromatic amines is 1. The lowest BCUT2D eigenvalue weighted by molar-refractivity contribution is -0.118. The number of aromatic nitrogens is 2. The van der Waals surface area contributed by atoms with Crippen molar-refractivity contribution in [1.82, 2.24) is 15.3 Å².